The van der Waals surface area contributed by atoms with Crippen molar-refractivity contribution < 1.29 is 14.7 Å². The van der Waals surface area contributed by atoms with Crippen LogP contribution in [0.3, 0.4) is 0 Å². The van der Waals surface area contributed by atoms with Gasteiger partial charge >= 0.3 is 5.97 Å². The molecule has 1 atom stereocenters. The fourth-order valence-electron chi connectivity index (χ4n) is 1.62. The molecule has 0 aliphatic rings. The summed E-state index contributed by atoms with van der Waals surface area (Å²) in [5.74, 6) is -1.12. The number of carboxylic acids is 1. The minimum atomic E-state index is -0.969. The second kappa shape index (κ2) is 6.73. The fraction of sp³-hybridized carbons (Fsp3) is 0.636. The van der Waals surface area contributed by atoms with Crippen LogP contribution in [0.2, 0.25) is 0 Å². The smallest absolute Gasteiger partial charge is 0.309 e. The van der Waals surface area contributed by atoms with Crippen LogP contribution in [0, 0.1) is 0 Å². The highest BCUT2D eigenvalue weighted by molar-refractivity contribution is 5.75. The maximum absolute atomic E-state index is 11.6. The number of aromatic nitrogens is 3. The van der Waals surface area contributed by atoms with Gasteiger partial charge in [-0.1, -0.05) is 18.6 Å². The number of rotatable bonds is 7. The van der Waals surface area contributed by atoms with E-state index < -0.39 is 5.97 Å². The molecule has 1 heterocycles. The number of amides is 1. The van der Waals surface area contributed by atoms with Gasteiger partial charge in [0.1, 0.15) is 6.54 Å². The first-order valence-electron chi connectivity index (χ1n) is 5.91. The van der Waals surface area contributed by atoms with E-state index in [1.54, 1.807) is 0 Å². The number of carbonyl (C=O) groups excluding carboxylic acids is 1. The van der Waals surface area contributed by atoms with Gasteiger partial charge in [-0.15, -0.1) is 5.10 Å². The molecule has 18 heavy (non-hydrogen) atoms. The van der Waals surface area contributed by atoms with Crippen LogP contribution in [0.5, 0.6) is 0 Å². The molecular formula is C11H18N4O3. The molecule has 0 bridgehead atoms. The van der Waals surface area contributed by atoms with Crippen molar-refractivity contribution in [2.45, 2.75) is 45.7 Å². The molecule has 0 aromatic carbocycles. The van der Waals surface area contributed by atoms with Crippen molar-refractivity contribution in [3.8, 4) is 0 Å². The minimum absolute atomic E-state index is 0.0562. The van der Waals surface area contributed by atoms with Gasteiger partial charge in [0.05, 0.1) is 12.1 Å². The molecule has 0 aliphatic heterocycles. The zero-order chi connectivity index (χ0) is 13.5. The molecule has 0 fully saturated rings. The summed E-state index contributed by atoms with van der Waals surface area (Å²) >= 11 is 0. The van der Waals surface area contributed by atoms with Crippen LogP contribution in [0.15, 0.2) is 6.20 Å². The van der Waals surface area contributed by atoms with E-state index in [-0.39, 0.29) is 24.9 Å². The lowest BCUT2D eigenvalue weighted by molar-refractivity contribution is -0.136. The predicted octanol–water partition coefficient (Wildman–Crippen LogP) is 0.210. The van der Waals surface area contributed by atoms with Crippen molar-refractivity contribution in [3.05, 3.63) is 11.9 Å². The predicted molar refractivity (Wildman–Crippen MR) is 63.9 cm³/mol. The number of hydrogen-bond acceptors (Lipinski definition) is 4. The van der Waals surface area contributed by atoms with E-state index in [9.17, 15) is 9.59 Å². The van der Waals surface area contributed by atoms with E-state index in [1.807, 2.05) is 6.92 Å². The largest absolute Gasteiger partial charge is 0.481 e. The average Bonchev–Trinajstić information content (AvgIpc) is 2.64. The van der Waals surface area contributed by atoms with E-state index in [0.29, 0.717) is 5.69 Å². The summed E-state index contributed by atoms with van der Waals surface area (Å²) in [6, 6.07) is 0.129. The van der Waals surface area contributed by atoms with E-state index >= 15 is 0 Å². The Morgan fingerprint density at radius 2 is 2.28 bits per heavy atom. The highest BCUT2D eigenvalue weighted by Crippen LogP contribution is 1.97. The molecule has 1 aromatic rings. The number of carboxylic acid groups (broad SMARTS) is 1. The summed E-state index contributed by atoms with van der Waals surface area (Å²) in [5.41, 5.74) is 0.344. The van der Waals surface area contributed by atoms with Crippen LogP contribution < -0.4 is 5.32 Å². The number of hydrogen-bond donors (Lipinski definition) is 2. The summed E-state index contributed by atoms with van der Waals surface area (Å²) in [4.78, 5) is 22.1. The third-order valence-electron chi connectivity index (χ3n) is 2.35. The highest BCUT2D eigenvalue weighted by Gasteiger charge is 2.10. The summed E-state index contributed by atoms with van der Waals surface area (Å²) in [6.07, 6.45) is 3.22. The van der Waals surface area contributed by atoms with Crippen LogP contribution in [0.4, 0.5) is 0 Å². The molecule has 0 radical (unpaired) electrons. The van der Waals surface area contributed by atoms with Gasteiger partial charge in [0.2, 0.25) is 5.91 Å². The Hall–Kier alpha value is -1.92. The summed E-state index contributed by atoms with van der Waals surface area (Å²) < 4.78 is 1.34. The van der Waals surface area contributed by atoms with Gasteiger partial charge in [0.15, 0.2) is 0 Å². The number of aliphatic carboxylic acids is 1. The zero-order valence-electron chi connectivity index (χ0n) is 10.6. The van der Waals surface area contributed by atoms with Crippen molar-refractivity contribution in [1.29, 1.82) is 0 Å². The molecule has 100 valence electrons. The van der Waals surface area contributed by atoms with Gasteiger partial charge in [-0.05, 0) is 13.3 Å². The van der Waals surface area contributed by atoms with Crippen molar-refractivity contribution in [1.82, 2.24) is 20.3 Å². The Morgan fingerprint density at radius 1 is 1.56 bits per heavy atom. The Morgan fingerprint density at radius 3 is 2.89 bits per heavy atom. The molecule has 1 rings (SSSR count). The average molecular weight is 254 g/mol. The molecular weight excluding hydrogens is 236 g/mol. The molecule has 2 N–H and O–H groups in total. The van der Waals surface area contributed by atoms with Crippen LogP contribution in [0.1, 0.15) is 32.4 Å². The van der Waals surface area contributed by atoms with Crippen molar-refractivity contribution in [2.24, 2.45) is 0 Å². The van der Waals surface area contributed by atoms with Gasteiger partial charge in [0.25, 0.3) is 0 Å². The van der Waals surface area contributed by atoms with Crippen LogP contribution >= 0.6 is 0 Å². The first kappa shape index (κ1) is 14.1. The maximum atomic E-state index is 11.6. The second-order valence-electron chi connectivity index (χ2n) is 4.24. The molecule has 7 heteroatoms. The zero-order valence-corrected chi connectivity index (χ0v) is 10.6. The maximum Gasteiger partial charge on any atom is 0.309 e. The third-order valence-corrected chi connectivity index (χ3v) is 2.35. The molecule has 0 saturated carbocycles. The lowest BCUT2D eigenvalue weighted by Crippen LogP contribution is -2.35. The summed E-state index contributed by atoms with van der Waals surface area (Å²) in [7, 11) is 0. The molecule has 1 unspecified atom stereocenters. The van der Waals surface area contributed by atoms with E-state index in [0.717, 1.165) is 12.8 Å². The number of nitrogens with one attached hydrogen (secondary N) is 1. The number of nitrogens with zero attached hydrogens (tertiary/aromatic N) is 3. The monoisotopic (exact) mass is 254 g/mol. The lowest BCUT2D eigenvalue weighted by Gasteiger charge is -2.12. The summed E-state index contributed by atoms with van der Waals surface area (Å²) in [6.45, 7) is 4.05. The normalized spacial score (nSPS) is 12.1. The highest BCUT2D eigenvalue weighted by atomic mass is 16.4. The van der Waals surface area contributed by atoms with Gasteiger partial charge in [0, 0.05) is 12.2 Å². The second-order valence-corrected chi connectivity index (χ2v) is 4.24. The van der Waals surface area contributed by atoms with Crippen LogP contribution in [0.25, 0.3) is 0 Å². The van der Waals surface area contributed by atoms with Gasteiger partial charge < -0.3 is 10.4 Å². The standard InChI is InChI=1S/C11H18N4O3/c1-3-4-8(2)12-10(16)7-15-6-9(13-14-15)5-11(17)18/h6,8H,3-5,7H2,1-2H3,(H,12,16)(H,17,18). The Kier molecular flexibility index (Phi) is 5.29. The van der Waals surface area contributed by atoms with Crippen molar-refractivity contribution in [2.75, 3.05) is 0 Å². The summed E-state index contributed by atoms with van der Waals surface area (Å²) in [5, 5.41) is 18.8. The molecule has 0 aliphatic carbocycles. The van der Waals surface area contributed by atoms with Gasteiger partial charge in [-0.25, -0.2) is 4.68 Å². The number of carbonyl (C=O) groups is 2. The molecule has 0 saturated heterocycles. The Labute approximate surface area is 105 Å². The SMILES string of the molecule is CCCC(C)NC(=O)Cn1cc(CC(=O)O)nn1. The molecule has 1 aromatic heterocycles. The minimum Gasteiger partial charge on any atom is -0.481 e. The molecule has 7 nitrogen and oxygen atoms in total. The van der Waals surface area contributed by atoms with E-state index in [2.05, 4.69) is 22.6 Å². The Balaban J connectivity index is 2.44. The first-order valence-corrected chi connectivity index (χ1v) is 5.91. The third kappa shape index (κ3) is 4.94. The first-order chi connectivity index (χ1) is 8.51. The van der Waals surface area contributed by atoms with Gasteiger partial charge in [-0.3, -0.25) is 9.59 Å². The van der Waals surface area contributed by atoms with Crippen LogP contribution in [-0.4, -0.2) is 38.0 Å². The quantitative estimate of drug-likeness (QED) is 0.725. The fourth-order valence-corrected chi connectivity index (χ4v) is 1.62. The lowest BCUT2D eigenvalue weighted by atomic mass is 10.2. The van der Waals surface area contributed by atoms with Crippen molar-refractivity contribution >= 4 is 11.9 Å². The van der Waals surface area contributed by atoms with Crippen LogP contribution in [-0.2, 0) is 22.6 Å². The van der Waals surface area contributed by atoms with Gasteiger partial charge in [-0.2, -0.15) is 0 Å². The van der Waals surface area contributed by atoms with E-state index in [4.69, 9.17) is 5.11 Å². The molecule has 1 amide bonds. The molecule has 0 spiro atoms. The van der Waals surface area contributed by atoms with Crippen molar-refractivity contribution in [3.63, 3.8) is 0 Å². The van der Waals surface area contributed by atoms with E-state index in [1.165, 1.54) is 10.9 Å². The Bertz CT molecular complexity index is 416. The topological polar surface area (TPSA) is 97.1 Å².